The van der Waals surface area contributed by atoms with Crippen molar-refractivity contribution in [2.45, 2.75) is 38.8 Å². The van der Waals surface area contributed by atoms with E-state index in [0.29, 0.717) is 0 Å². The molecule has 2 aliphatic rings. The van der Waals surface area contributed by atoms with Gasteiger partial charge in [0.2, 0.25) is 0 Å². The molecule has 124 valence electrons. The molecule has 0 aliphatic carbocycles. The van der Waals surface area contributed by atoms with Crippen molar-refractivity contribution in [2.75, 3.05) is 13.2 Å². The standard InChI is InChI=1S/C22H25NO/c1-22(2,3)18-11-9-16(10-12-18)20-15-17-7-4-5-8-19(17)21-23(20)13-6-14-24-21/h4-5,7-12,15,21H,6,13-14H2,1-3H3. The molecule has 2 nitrogen and oxygen atoms in total. The van der Waals surface area contributed by atoms with Crippen LogP contribution in [0, 0.1) is 0 Å². The summed E-state index contributed by atoms with van der Waals surface area (Å²) in [6.07, 6.45) is 3.44. The van der Waals surface area contributed by atoms with Crippen molar-refractivity contribution < 1.29 is 4.74 Å². The summed E-state index contributed by atoms with van der Waals surface area (Å²) >= 11 is 0. The second-order valence-electron chi connectivity index (χ2n) is 7.76. The molecule has 0 spiro atoms. The largest absolute Gasteiger partial charge is 0.354 e. The zero-order valence-electron chi connectivity index (χ0n) is 14.8. The van der Waals surface area contributed by atoms with Crippen molar-refractivity contribution in [1.29, 1.82) is 0 Å². The van der Waals surface area contributed by atoms with Gasteiger partial charge in [0, 0.05) is 17.8 Å². The molecule has 0 saturated carbocycles. The topological polar surface area (TPSA) is 12.5 Å². The molecule has 1 unspecified atom stereocenters. The van der Waals surface area contributed by atoms with Crippen LogP contribution < -0.4 is 0 Å². The smallest absolute Gasteiger partial charge is 0.157 e. The van der Waals surface area contributed by atoms with E-state index in [4.69, 9.17) is 4.74 Å². The van der Waals surface area contributed by atoms with Gasteiger partial charge >= 0.3 is 0 Å². The maximum Gasteiger partial charge on any atom is 0.157 e. The number of hydrogen-bond donors (Lipinski definition) is 0. The number of ether oxygens (including phenoxy) is 1. The van der Waals surface area contributed by atoms with Crippen molar-refractivity contribution in [3.63, 3.8) is 0 Å². The first-order valence-electron chi connectivity index (χ1n) is 8.84. The van der Waals surface area contributed by atoms with Gasteiger partial charge in [0.05, 0.1) is 6.61 Å². The Balaban J connectivity index is 1.77. The number of fused-ring (bicyclic) bond motifs is 3. The minimum absolute atomic E-state index is 0.0530. The van der Waals surface area contributed by atoms with Gasteiger partial charge in [-0.1, -0.05) is 69.3 Å². The van der Waals surface area contributed by atoms with Crippen LogP contribution in [0.25, 0.3) is 11.8 Å². The predicted octanol–water partition coefficient (Wildman–Crippen LogP) is 5.22. The summed E-state index contributed by atoms with van der Waals surface area (Å²) in [5.74, 6) is 0. The SMILES string of the molecule is CC(C)(C)c1ccc(C2=Cc3ccccc3C3OCCCN23)cc1. The van der Waals surface area contributed by atoms with E-state index in [1.165, 1.54) is 28.0 Å². The lowest BCUT2D eigenvalue weighted by molar-refractivity contribution is -0.0700. The van der Waals surface area contributed by atoms with Gasteiger partial charge in [-0.3, -0.25) is 0 Å². The number of hydrogen-bond acceptors (Lipinski definition) is 2. The van der Waals surface area contributed by atoms with E-state index >= 15 is 0 Å². The average molecular weight is 319 g/mol. The summed E-state index contributed by atoms with van der Waals surface area (Å²) in [7, 11) is 0. The van der Waals surface area contributed by atoms with Gasteiger partial charge in [-0.15, -0.1) is 0 Å². The molecule has 0 N–H and O–H groups in total. The maximum absolute atomic E-state index is 6.12. The van der Waals surface area contributed by atoms with Gasteiger partial charge in [-0.05, 0) is 34.6 Å². The second kappa shape index (κ2) is 5.78. The van der Waals surface area contributed by atoms with Gasteiger partial charge in [0.1, 0.15) is 0 Å². The number of nitrogens with zero attached hydrogens (tertiary/aromatic N) is 1. The Kier molecular flexibility index (Phi) is 3.73. The van der Waals surface area contributed by atoms with Gasteiger partial charge in [0.15, 0.2) is 6.23 Å². The van der Waals surface area contributed by atoms with Crippen molar-refractivity contribution in [3.05, 3.63) is 70.8 Å². The van der Waals surface area contributed by atoms with Crippen LogP contribution in [0.1, 0.15) is 55.7 Å². The van der Waals surface area contributed by atoms with Gasteiger partial charge in [-0.2, -0.15) is 0 Å². The zero-order chi connectivity index (χ0) is 16.7. The first-order valence-corrected chi connectivity index (χ1v) is 8.84. The molecule has 0 aromatic heterocycles. The molecule has 2 heteroatoms. The summed E-state index contributed by atoms with van der Waals surface area (Å²) in [5.41, 5.74) is 6.66. The summed E-state index contributed by atoms with van der Waals surface area (Å²) in [4.78, 5) is 2.41. The molecule has 2 aliphatic heterocycles. The molecule has 0 bridgehead atoms. The van der Waals surface area contributed by atoms with E-state index in [1.807, 2.05) is 0 Å². The molecular formula is C22H25NO. The molecule has 1 saturated heterocycles. The highest BCUT2D eigenvalue weighted by atomic mass is 16.5. The van der Waals surface area contributed by atoms with Crippen LogP contribution >= 0.6 is 0 Å². The van der Waals surface area contributed by atoms with Gasteiger partial charge < -0.3 is 9.64 Å². The highest BCUT2D eigenvalue weighted by Gasteiger charge is 2.31. The highest BCUT2D eigenvalue weighted by molar-refractivity contribution is 5.83. The Morgan fingerprint density at radius 1 is 1.00 bits per heavy atom. The van der Waals surface area contributed by atoms with Gasteiger partial charge in [-0.25, -0.2) is 0 Å². The lowest BCUT2D eigenvalue weighted by Crippen LogP contribution is -2.37. The summed E-state index contributed by atoms with van der Waals surface area (Å²) < 4.78 is 6.12. The highest BCUT2D eigenvalue weighted by Crippen LogP contribution is 2.41. The normalized spacial score (nSPS) is 20.2. The predicted molar refractivity (Wildman–Crippen MR) is 99.5 cm³/mol. The summed E-state index contributed by atoms with van der Waals surface area (Å²) in [6.45, 7) is 8.66. The van der Waals surface area contributed by atoms with E-state index in [1.54, 1.807) is 0 Å². The van der Waals surface area contributed by atoms with Crippen LogP contribution in [-0.2, 0) is 10.2 Å². The molecule has 2 aromatic carbocycles. The van der Waals surface area contributed by atoms with Crippen molar-refractivity contribution in [3.8, 4) is 0 Å². The first-order chi connectivity index (χ1) is 11.5. The molecule has 24 heavy (non-hydrogen) atoms. The molecule has 2 heterocycles. The Bertz CT molecular complexity index is 767. The fourth-order valence-electron chi connectivity index (χ4n) is 3.63. The van der Waals surface area contributed by atoms with E-state index in [9.17, 15) is 0 Å². The van der Waals surface area contributed by atoms with Crippen LogP contribution in [0.15, 0.2) is 48.5 Å². The van der Waals surface area contributed by atoms with Crippen molar-refractivity contribution in [1.82, 2.24) is 4.90 Å². The van der Waals surface area contributed by atoms with Crippen LogP contribution in [-0.4, -0.2) is 18.1 Å². The molecular weight excluding hydrogens is 294 g/mol. The first kappa shape index (κ1) is 15.5. The molecule has 4 rings (SSSR count). The minimum atomic E-state index is 0.0530. The maximum atomic E-state index is 6.12. The quantitative estimate of drug-likeness (QED) is 0.715. The molecule has 2 aromatic rings. The monoisotopic (exact) mass is 319 g/mol. The van der Waals surface area contributed by atoms with Crippen molar-refractivity contribution >= 4 is 11.8 Å². The van der Waals surface area contributed by atoms with Crippen LogP contribution in [0.4, 0.5) is 0 Å². The van der Waals surface area contributed by atoms with Crippen LogP contribution in [0.3, 0.4) is 0 Å². The third-order valence-corrected chi connectivity index (χ3v) is 5.01. The fourth-order valence-corrected chi connectivity index (χ4v) is 3.63. The number of benzene rings is 2. The third kappa shape index (κ3) is 2.65. The fraction of sp³-hybridized carbons (Fsp3) is 0.364. The average Bonchev–Trinajstić information content (AvgIpc) is 2.60. The van der Waals surface area contributed by atoms with E-state index in [2.05, 4.69) is 80.3 Å². The van der Waals surface area contributed by atoms with E-state index in [0.717, 1.165) is 19.6 Å². The van der Waals surface area contributed by atoms with Crippen LogP contribution in [0.2, 0.25) is 0 Å². The van der Waals surface area contributed by atoms with Gasteiger partial charge in [0.25, 0.3) is 0 Å². The molecule has 1 fully saturated rings. The lowest BCUT2D eigenvalue weighted by atomic mass is 9.86. The Labute approximate surface area is 144 Å². The molecule has 1 atom stereocenters. The summed E-state index contributed by atoms with van der Waals surface area (Å²) in [5, 5.41) is 0. The summed E-state index contributed by atoms with van der Waals surface area (Å²) in [6, 6.07) is 17.6. The number of rotatable bonds is 1. The Morgan fingerprint density at radius 3 is 2.50 bits per heavy atom. The Morgan fingerprint density at radius 2 is 1.75 bits per heavy atom. The van der Waals surface area contributed by atoms with Crippen LogP contribution in [0.5, 0.6) is 0 Å². The second-order valence-corrected chi connectivity index (χ2v) is 7.76. The third-order valence-electron chi connectivity index (χ3n) is 5.01. The molecule has 0 amide bonds. The Hall–Kier alpha value is -2.06. The minimum Gasteiger partial charge on any atom is -0.354 e. The zero-order valence-corrected chi connectivity index (χ0v) is 14.8. The van der Waals surface area contributed by atoms with E-state index < -0.39 is 0 Å². The lowest BCUT2D eigenvalue weighted by Gasteiger charge is -2.42. The van der Waals surface area contributed by atoms with Crippen molar-refractivity contribution in [2.24, 2.45) is 0 Å². The molecule has 0 radical (unpaired) electrons. The van der Waals surface area contributed by atoms with E-state index in [-0.39, 0.29) is 11.6 Å².